The van der Waals surface area contributed by atoms with Crippen molar-refractivity contribution in [3.63, 3.8) is 0 Å². The second kappa shape index (κ2) is 7.66. The number of carbonyl (C=O) groups excluding carboxylic acids is 2. The Morgan fingerprint density at radius 1 is 1.17 bits per heavy atom. The zero-order chi connectivity index (χ0) is 17.7. The van der Waals surface area contributed by atoms with Crippen molar-refractivity contribution in [3.05, 3.63) is 35.4 Å². The van der Waals surface area contributed by atoms with Gasteiger partial charge >= 0.3 is 12.1 Å². The Morgan fingerprint density at radius 3 is 2.58 bits per heavy atom. The van der Waals surface area contributed by atoms with Crippen LogP contribution in [-0.2, 0) is 19.6 Å². The van der Waals surface area contributed by atoms with Gasteiger partial charge in [0.2, 0.25) is 0 Å². The summed E-state index contributed by atoms with van der Waals surface area (Å²) in [6, 6.07) is 6.77. The minimum Gasteiger partial charge on any atom is -0.429 e. The highest BCUT2D eigenvalue weighted by Gasteiger charge is 2.34. The van der Waals surface area contributed by atoms with Gasteiger partial charge in [0, 0.05) is 0 Å². The summed E-state index contributed by atoms with van der Waals surface area (Å²) in [6.07, 6.45) is 1.39. The molecule has 0 radical (unpaired) electrons. The third-order valence-corrected chi connectivity index (χ3v) is 4.08. The summed E-state index contributed by atoms with van der Waals surface area (Å²) in [6.45, 7) is 8.26. The lowest BCUT2D eigenvalue weighted by Gasteiger charge is -2.37. The molecule has 132 valence electrons. The fourth-order valence-electron chi connectivity index (χ4n) is 3.40. The lowest BCUT2D eigenvalue weighted by molar-refractivity contribution is -0.453. The van der Waals surface area contributed by atoms with Crippen LogP contribution in [0.4, 0.5) is 4.79 Å². The molecule has 1 saturated carbocycles. The highest BCUT2D eigenvalue weighted by Crippen LogP contribution is 2.39. The zero-order valence-electron chi connectivity index (χ0n) is 14.5. The van der Waals surface area contributed by atoms with Gasteiger partial charge in [-0.2, -0.15) is 0 Å². The number of benzene rings is 1. The molecule has 1 aromatic carbocycles. The molecule has 0 aliphatic heterocycles. The summed E-state index contributed by atoms with van der Waals surface area (Å²) in [4.78, 5) is 32.2. The van der Waals surface area contributed by atoms with Gasteiger partial charge in [0.25, 0.3) is 0 Å². The highest BCUT2D eigenvalue weighted by molar-refractivity contribution is 5.89. The minimum absolute atomic E-state index is 0.112. The number of hydrogen-bond acceptors (Lipinski definition) is 6. The maximum absolute atomic E-state index is 11.7. The molecule has 1 aliphatic rings. The van der Waals surface area contributed by atoms with Crippen LogP contribution in [0.15, 0.2) is 24.3 Å². The maximum atomic E-state index is 11.7. The first-order valence-electron chi connectivity index (χ1n) is 8.08. The molecule has 1 fully saturated rings. The smallest absolute Gasteiger partial charge is 0.429 e. The lowest BCUT2D eigenvalue weighted by atomic mass is 9.71. The Hall–Kier alpha value is -2.08. The molecule has 6 heteroatoms. The van der Waals surface area contributed by atoms with Crippen molar-refractivity contribution in [1.82, 2.24) is 0 Å². The number of ether oxygens (including phenoxy) is 1. The molecule has 1 aliphatic carbocycles. The molecule has 0 spiro atoms. The quantitative estimate of drug-likeness (QED) is 0.462. The number of hydrogen-bond donors (Lipinski definition) is 0. The third-order valence-electron chi connectivity index (χ3n) is 4.08. The average Bonchev–Trinajstić information content (AvgIpc) is 2.44. The summed E-state index contributed by atoms with van der Waals surface area (Å²) in [7, 11) is 0. The van der Waals surface area contributed by atoms with Crippen molar-refractivity contribution in [2.45, 2.75) is 53.1 Å². The number of aryl methyl sites for hydroxylation is 1. The van der Waals surface area contributed by atoms with E-state index in [1.54, 1.807) is 18.2 Å². The first-order chi connectivity index (χ1) is 11.2. The molecule has 0 saturated heterocycles. The van der Waals surface area contributed by atoms with Crippen LogP contribution in [0, 0.1) is 18.3 Å². The Balaban J connectivity index is 1.74. The molecule has 24 heavy (non-hydrogen) atoms. The largest absolute Gasteiger partial charge is 0.543 e. The second-order valence-electron chi connectivity index (χ2n) is 7.29. The van der Waals surface area contributed by atoms with E-state index in [0.717, 1.165) is 24.8 Å². The second-order valence-corrected chi connectivity index (χ2v) is 7.29. The summed E-state index contributed by atoms with van der Waals surface area (Å²) in [5, 5.41) is 4.25. The normalized spacial score (nSPS) is 22.5. The van der Waals surface area contributed by atoms with Gasteiger partial charge in [0.05, 0.1) is 10.6 Å². The number of carbonyl (C=O) groups is 2. The van der Waals surface area contributed by atoms with Gasteiger partial charge in [-0.3, -0.25) is 4.89 Å². The van der Waals surface area contributed by atoms with Crippen molar-refractivity contribution in [1.29, 1.82) is 0 Å². The highest BCUT2D eigenvalue weighted by atomic mass is 17.5. The van der Waals surface area contributed by atoms with Crippen LogP contribution in [0.25, 0.3) is 0 Å². The van der Waals surface area contributed by atoms with Crippen molar-refractivity contribution >= 4 is 12.1 Å². The standard InChI is InChI=1S/C18H24O6/c1-12-6-5-7-14(8-12)16(19)22-24-23-17(20)21-15-9-13(2)10-18(3,4)11-15/h5-8,13,15H,9-11H2,1-4H3. The average molecular weight is 336 g/mol. The van der Waals surface area contributed by atoms with E-state index >= 15 is 0 Å². The molecule has 0 bridgehead atoms. The van der Waals surface area contributed by atoms with E-state index in [4.69, 9.17) is 4.74 Å². The molecule has 6 nitrogen and oxygen atoms in total. The first kappa shape index (κ1) is 18.3. The molecule has 2 unspecified atom stereocenters. The molecule has 1 aromatic rings. The molecular weight excluding hydrogens is 312 g/mol. The third kappa shape index (κ3) is 5.53. The predicted molar refractivity (Wildman–Crippen MR) is 85.8 cm³/mol. The molecule has 2 atom stereocenters. The maximum Gasteiger partial charge on any atom is 0.543 e. The zero-order valence-corrected chi connectivity index (χ0v) is 14.5. The summed E-state index contributed by atoms with van der Waals surface area (Å²) in [5.41, 5.74) is 1.31. The van der Waals surface area contributed by atoms with Gasteiger partial charge in [-0.25, -0.2) is 14.5 Å². The summed E-state index contributed by atoms with van der Waals surface area (Å²) in [5.74, 6) is -0.287. The van der Waals surface area contributed by atoms with Crippen LogP contribution in [0.1, 0.15) is 56.0 Å². The molecule has 0 aromatic heterocycles. The Morgan fingerprint density at radius 2 is 1.92 bits per heavy atom. The molecular formula is C18H24O6. The van der Waals surface area contributed by atoms with E-state index in [0.29, 0.717) is 11.5 Å². The van der Waals surface area contributed by atoms with Crippen LogP contribution in [-0.4, -0.2) is 18.2 Å². The number of rotatable bonds is 4. The van der Waals surface area contributed by atoms with Gasteiger partial charge in [-0.1, -0.05) is 38.5 Å². The topological polar surface area (TPSA) is 71.1 Å². The van der Waals surface area contributed by atoms with E-state index < -0.39 is 12.1 Å². The van der Waals surface area contributed by atoms with Gasteiger partial charge in [0.1, 0.15) is 6.10 Å². The van der Waals surface area contributed by atoms with Crippen molar-refractivity contribution in [3.8, 4) is 0 Å². The Labute approximate surface area is 141 Å². The van der Waals surface area contributed by atoms with E-state index in [-0.39, 0.29) is 11.5 Å². The van der Waals surface area contributed by atoms with Gasteiger partial charge in [0.15, 0.2) is 0 Å². The van der Waals surface area contributed by atoms with Gasteiger partial charge in [-0.15, -0.1) is 0 Å². The van der Waals surface area contributed by atoms with Crippen LogP contribution < -0.4 is 0 Å². The molecule has 0 N–H and O–H groups in total. The summed E-state index contributed by atoms with van der Waals surface area (Å²) < 4.78 is 5.23. The Kier molecular flexibility index (Phi) is 5.83. The van der Waals surface area contributed by atoms with Gasteiger partial charge < -0.3 is 4.74 Å². The molecule has 2 rings (SSSR count). The SMILES string of the molecule is Cc1cccc(C(=O)OOOC(=O)OC2CC(C)CC(C)(C)C2)c1. The van der Waals surface area contributed by atoms with E-state index in [1.165, 1.54) is 0 Å². The fraction of sp³-hybridized carbons (Fsp3) is 0.556. The van der Waals surface area contributed by atoms with Crippen molar-refractivity contribution in [2.24, 2.45) is 11.3 Å². The monoisotopic (exact) mass is 336 g/mol. The van der Waals surface area contributed by atoms with Crippen molar-refractivity contribution < 1.29 is 29.1 Å². The fourth-order valence-corrected chi connectivity index (χ4v) is 3.40. The summed E-state index contributed by atoms with van der Waals surface area (Å²) >= 11 is 0. The molecule has 0 heterocycles. The van der Waals surface area contributed by atoms with Crippen LogP contribution >= 0.6 is 0 Å². The molecule has 0 amide bonds. The van der Waals surface area contributed by atoms with Crippen LogP contribution in [0.5, 0.6) is 0 Å². The van der Waals surface area contributed by atoms with Gasteiger partial charge in [-0.05, 0) is 49.7 Å². The first-order valence-corrected chi connectivity index (χ1v) is 8.08. The van der Waals surface area contributed by atoms with E-state index in [2.05, 4.69) is 35.6 Å². The van der Waals surface area contributed by atoms with E-state index in [1.807, 2.05) is 13.0 Å². The van der Waals surface area contributed by atoms with E-state index in [9.17, 15) is 9.59 Å². The lowest BCUT2D eigenvalue weighted by Crippen LogP contribution is -2.34. The van der Waals surface area contributed by atoms with Crippen molar-refractivity contribution in [2.75, 3.05) is 0 Å². The van der Waals surface area contributed by atoms with Crippen LogP contribution in [0.3, 0.4) is 0 Å². The Bertz CT molecular complexity index is 595. The minimum atomic E-state index is -1.01. The predicted octanol–water partition coefficient (Wildman–Crippen LogP) is 4.37. The van der Waals surface area contributed by atoms with Crippen LogP contribution in [0.2, 0.25) is 0 Å².